The number of aliphatic hydroxyl groups excluding tert-OH is 1. The molecule has 98 valence electrons. The lowest BCUT2D eigenvalue weighted by atomic mass is 10.1. The summed E-state index contributed by atoms with van der Waals surface area (Å²) < 4.78 is 10.4. The maximum atomic E-state index is 11.3. The van der Waals surface area contributed by atoms with Gasteiger partial charge in [0.25, 0.3) is 0 Å². The molecule has 1 N–H and O–H groups in total. The fourth-order valence-electron chi connectivity index (χ4n) is 1.31. The number of ether oxygens (including phenoxy) is 2. The maximum absolute atomic E-state index is 11.3. The van der Waals surface area contributed by atoms with Gasteiger partial charge in [-0.25, -0.2) is 0 Å². The van der Waals surface area contributed by atoms with E-state index in [1.54, 1.807) is 38.3 Å². The van der Waals surface area contributed by atoms with Crippen molar-refractivity contribution in [1.29, 1.82) is 0 Å². The van der Waals surface area contributed by atoms with E-state index in [1.807, 2.05) is 0 Å². The topological polar surface area (TPSA) is 55.8 Å². The second-order valence-corrected chi connectivity index (χ2v) is 4.05. The van der Waals surface area contributed by atoms with E-state index in [4.69, 9.17) is 9.47 Å². The van der Waals surface area contributed by atoms with E-state index in [0.29, 0.717) is 11.3 Å². The number of benzene rings is 1. The smallest absolute Gasteiger partial charge is 0.160 e. The van der Waals surface area contributed by atoms with Crippen molar-refractivity contribution in [2.45, 2.75) is 19.4 Å². The van der Waals surface area contributed by atoms with Crippen molar-refractivity contribution in [2.24, 2.45) is 0 Å². The molecule has 1 rings (SSSR count). The van der Waals surface area contributed by atoms with Gasteiger partial charge in [0.1, 0.15) is 18.1 Å². The summed E-state index contributed by atoms with van der Waals surface area (Å²) in [7, 11) is 1.59. The van der Waals surface area contributed by atoms with Crippen LogP contribution in [0.4, 0.5) is 0 Å². The summed E-state index contributed by atoms with van der Waals surface area (Å²) in [5.74, 6) is 1.21. The van der Waals surface area contributed by atoms with Crippen LogP contribution in [0.3, 0.4) is 0 Å². The van der Waals surface area contributed by atoms with Crippen LogP contribution in [0.15, 0.2) is 36.4 Å². The lowest BCUT2D eigenvalue weighted by molar-refractivity contribution is -0.117. The molecule has 0 aliphatic carbocycles. The molecular weight excluding hydrogens is 232 g/mol. The van der Waals surface area contributed by atoms with Gasteiger partial charge in [-0.3, -0.25) is 4.79 Å². The Kier molecular flexibility index (Phi) is 5.39. The van der Waals surface area contributed by atoms with Crippen LogP contribution in [0.25, 0.3) is 0 Å². The van der Waals surface area contributed by atoms with Crippen LogP contribution < -0.4 is 9.47 Å². The van der Waals surface area contributed by atoms with E-state index >= 15 is 0 Å². The van der Waals surface area contributed by atoms with Gasteiger partial charge in [-0.05, 0) is 36.8 Å². The molecule has 0 amide bonds. The molecule has 0 spiro atoms. The number of hydrogen-bond acceptors (Lipinski definition) is 4. The molecule has 0 heterocycles. The van der Waals surface area contributed by atoms with E-state index < -0.39 is 6.10 Å². The van der Waals surface area contributed by atoms with Crippen LogP contribution in [0.1, 0.15) is 13.3 Å². The van der Waals surface area contributed by atoms with Gasteiger partial charge in [-0.2, -0.15) is 0 Å². The van der Waals surface area contributed by atoms with Crippen molar-refractivity contribution in [3.05, 3.63) is 36.4 Å². The molecule has 1 unspecified atom stereocenters. The minimum atomic E-state index is -0.823. The van der Waals surface area contributed by atoms with Gasteiger partial charge in [-0.1, -0.05) is 6.58 Å². The normalized spacial score (nSPS) is 11.7. The highest BCUT2D eigenvalue weighted by Crippen LogP contribution is 2.17. The quantitative estimate of drug-likeness (QED) is 0.752. The maximum Gasteiger partial charge on any atom is 0.160 e. The number of carbonyl (C=O) groups excluding carboxylic acids is 1. The molecular formula is C14H18O4. The Morgan fingerprint density at radius 3 is 2.39 bits per heavy atom. The van der Waals surface area contributed by atoms with Crippen molar-refractivity contribution in [3.8, 4) is 11.5 Å². The predicted molar refractivity (Wildman–Crippen MR) is 68.9 cm³/mol. The largest absolute Gasteiger partial charge is 0.497 e. The highest BCUT2D eigenvalue weighted by molar-refractivity contribution is 5.94. The molecule has 0 fully saturated rings. The predicted octanol–water partition coefficient (Wildman–Crippen LogP) is 1.97. The van der Waals surface area contributed by atoms with Crippen molar-refractivity contribution in [1.82, 2.24) is 0 Å². The molecule has 0 saturated carbocycles. The standard InChI is InChI=1S/C14H18O4/c1-10(2)14(16)8-11(15)9-18-13-6-4-12(17-3)5-7-13/h4-7,11,15H,1,8-9H2,2-3H3. The first-order valence-electron chi connectivity index (χ1n) is 5.66. The van der Waals surface area contributed by atoms with E-state index in [0.717, 1.165) is 5.75 Å². The van der Waals surface area contributed by atoms with E-state index in [2.05, 4.69) is 6.58 Å². The van der Waals surface area contributed by atoms with E-state index in [1.165, 1.54) is 0 Å². The first kappa shape index (κ1) is 14.3. The Hall–Kier alpha value is -1.81. The SMILES string of the molecule is C=C(C)C(=O)CC(O)COc1ccc(OC)cc1. The number of ketones is 1. The summed E-state index contributed by atoms with van der Waals surface area (Å²) in [6, 6.07) is 7.01. The molecule has 1 aromatic rings. The summed E-state index contributed by atoms with van der Waals surface area (Å²) in [6.07, 6.45) is -0.790. The van der Waals surface area contributed by atoms with Crippen LogP contribution in [0, 0.1) is 0 Å². The lowest BCUT2D eigenvalue weighted by Gasteiger charge is -2.12. The average molecular weight is 250 g/mol. The fourth-order valence-corrected chi connectivity index (χ4v) is 1.31. The Morgan fingerprint density at radius 1 is 1.33 bits per heavy atom. The molecule has 4 heteroatoms. The molecule has 1 aromatic carbocycles. The van der Waals surface area contributed by atoms with Crippen LogP contribution >= 0.6 is 0 Å². The van der Waals surface area contributed by atoms with E-state index in [-0.39, 0.29) is 18.8 Å². The minimum Gasteiger partial charge on any atom is -0.497 e. The second-order valence-electron chi connectivity index (χ2n) is 4.05. The molecule has 0 aliphatic rings. The van der Waals surface area contributed by atoms with Crippen molar-refractivity contribution in [3.63, 3.8) is 0 Å². The molecule has 0 saturated heterocycles. The monoisotopic (exact) mass is 250 g/mol. The highest BCUT2D eigenvalue weighted by atomic mass is 16.5. The summed E-state index contributed by atoms with van der Waals surface area (Å²) >= 11 is 0. The number of methoxy groups -OCH3 is 1. The van der Waals surface area contributed by atoms with Gasteiger partial charge in [0.05, 0.1) is 13.2 Å². The van der Waals surface area contributed by atoms with Gasteiger partial charge in [0.2, 0.25) is 0 Å². The van der Waals surface area contributed by atoms with E-state index in [9.17, 15) is 9.90 Å². The Bertz CT molecular complexity index is 408. The number of Topliss-reactive ketones (excluding diaryl/α,β-unsaturated/α-hetero) is 1. The molecule has 1 atom stereocenters. The van der Waals surface area contributed by atoms with Crippen molar-refractivity contribution >= 4 is 5.78 Å². The number of aliphatic hydroxyl groups is 1. The molecule has 0 aliphatic heterocycles. The molecule has 0 radical (unpaired) electrons. The second kappa shape index (κ2) is 6.81. The zero-order chi connectivity index (χ0) is 13.5. The lowest BCUT2D eigenvalue weighted by Crippen LogP contribution is -2.21. The molecule has 0 aromatic heterocycles. The third kappa shape index (κ3) is 4.59. The van der Waals surface area contributed by atoms with Gasteiger partial charge in [-0.15, -0.1) is 0 Å². The number of rotatable bonds is 7. The van der Waals surface area contributed by atoms with Crippen molar-refractivity contribution in [2.75, 3.05) is 13.7 Å². The summed E-state index contributed by atoms with van der Waals surface area (Å²) in [5.41, 5.74) is 0.443. The first-order chi connectivity index (χ1) is 8.52. The minimum absolute atomic E-state index is 0.0332. The third-order valence-electron chi connectivity index (χ3n) is 2.40. The number of hydrogen-bond donors (Lipinski definition) is 1. The molecule has 4 nitrogen and oxygen atoms in total. The number of carbonyl (C=O) groups is 1. The van der Waals surface area contributed by atoms with Gasteiger partial charge in [0.15, 0.2) is 5.78 Å². The molecule has 18 heavy (non-hydrogen) atoms. The molecule has 0 bridgehead atoms. The Balaban J connectivity index is 2.39. The van der Waals surface area contributed by atoms with Gasteiger partial charge in [0, 0.05) is 6.42 Å². The first-order valence-corrected chi connectivity index (χ1v) is 5.66. The van der Waals surface area contributed by atoms with Gasteiger partial charge < -0.3 is 14.6 Å². The zero-order valence-corrected chi connectivity index (χ0v) is 10.7. The van der Waals surface area contributed by atoms with Crippen molar-refractivity contribution < 1.29 is 19.4 Å². The highest BCUT2D eigenvalue weighted by Gasteiger charge is 2.12. The summed E-state index contributed by atoms with van der Waals surface area (Å²) in [5, 5.41) is 9.62. The average Bonchev–Trinajstić information content (AvgIpc) is 2.36. The van der Waals surface area contributed by atoms with Gasteiger partial charge >= 0.3 is 0 Å². The van der Waals surface area contributed by atoms with Crippen LogP contribution in [-0.2, 0) is 4.79 Å². The third-order valence-corrected chi connectivity index (χ3v) is 2.40. The fraction of sp³-hybridized carbons (Fsp3) is 0.357. The summed E-state index contributed by atoms with van der Waals surface area (Å²) in [6.45, 7) is 5.23. The summed E-state index contributed by atoms with van der Waals surface area (Å²) in [4.78, 5) is 11.3. The van der Waals surface area contributed by atoms with Crippen LogP contribution in [-0.4, -0.2) is 30.7 Å². The van der Waals surface area contributed by atoms with Crippen LogP contribution in [0.5, 0.6) is 11.5 Å². The Labute approximate surface area is 107 Å². The zero-order valence-electron chi connectivity index (χ0n) is 10.7. The number of allylic oxidation sites excluding steroid dienone is 1. The Morgan fingerprint density at radius 2 is 1.89 bits per heavy atom. The van der Waals surface area contributed by atoms with Crippen LogP contribution in [0.2, 0.25) is 0 Å².